The van der Waals surface area contributed by atoms with Gasteiger partial charge in [0, 0.05) is 13.1 Å². The van der Waals surface area contributed by atoms with E-state index >= 15 is 0 Å². The highest BCUT2D eigenvalue weighted by Crippen LogP contribution is 2.25. The molecule has 1 saturated heterocycles. The van der Waals surface area contributed by atoms with Gasteiger partial charge in [-0.2, -0.15) is 0 Å². The number of sulfonamides is 1. The normalized spacial score (nSPS) is 15.3. The van der Waals surface area contributed by atoms with E-state index in [1.165, 1.54) is 22.7 Å². The minimum atomic E-state index is -3.67. The Morgan fingerprint density at radius 2 is 1.66 bits per heavy atom. The first-order chi connectivity index (χ1) is 15.3. The van der Waals surface area contributed by atoms with Gasteiger partial charge in [-0.1, -0.05) is 31.2 Å². The molecule has 0 unspecified atom stereocenters. The second-order valence-corrected chi connectivity index (χ2v) is 10.1. The molecule has 0 radical (unpaired) electrons. The number of benzene rings is 2. The fourth-order valence-electron chi connectivity index (χ4n) is 4.06. The topological polar surface area (TPSA) is 79.0 Å². The largest absolute Gasteiger partial charge is 0.497 e. The van der Waals surface area contributed by atoms with Crippen molar-refractivity contribution in [3.63, 3.8) is 0 Å². The molecule has 1 fully saturated rings. The quantitative estimate of drug-likeness (QED) is 0.591. The Balaban J connectivity index is 1.66. The van der Waals surface area contributed by atoms with Crippen molar-refractivity contribution in [3.8, 4) is 5.75 Å². The second kappa shape index (κ2) is 10.8. The molecular formula is C24H33N3O4S. The Hall–Kier alpha value is -2.58. The van der Waals surface area contributed by atoms with E-state index in [-0.39, 0.29) is 5.91 Å². The number of carbonyl (C=O) groups is 1. The number of likely N-dealkylation sites (tertiary alicyclic amines) is 1. The van der Waals surface area contributed by atoms with Gasteiger partial charge in [-0.05, 0) is 67.7 Å². The van der Waals surface area contributed by atoms with Crippen molar-refractivity contribution >= 4 is 21.6 Å². The van der Waals surface area contributed by atoms with Crippen LogP contribution in [0.1, 0.15) is 37.3 Å². The molecule has 7 nitrogen and oxygen atoms in total. The number of anilines is 1. The van der Waals surface area contributed by atoms with Gasteiger partial charge in [-0.3, -0.25) is 14.0 Å². The Bertz CT molecular complexity index is 985. The molecule has 2 aromatic rings. The van der Waals surface area contributed by atoms with Crippen molar-refractivity contribution in [2.45, 2.75) is 45.3 Å². The van der Waals surface area contributed by atoms with Crippen LogP contribution >= 0.6 is 0 Å². The zero-order valence-electron chi connectivity index (χ0n) is 19.1. The molecule has 1 heterocycles. The summed E-state index contributed by atoms with van der Waals surface area (Å²) < 4.78 is 31.4. The first-order valence-electron chi connectivity index (χ1n) is 11.0. The lowest BCUT2D eigenvalue weighted by Gasteiger charge is -2.30. The van der Waals surface area contributed by atoms with E-state index < -0.39 is 16.1 Å². The van der Waals surface area contributed by atoms with Crippen LogP contribution in [0.2, 0.25) is 0 Å². The summed E-state index contributed by atoms with van der Waals surface area (Å²) in [5, 5.41) is 2.91. The maximum absolute atomic E-state index is 13.0. The fourth-order valence-corrected chi connectivity index (χ4v) is 5.27. The van der Waals surface area contributed by atoms with Gasteiger partial charge < -0.3 is 10.1 Å². The lowest BCUT2D eigenvalue weighted by molar-refractivity contribution is -0.122. The monoisotopic (exact) mass is 459 g/mol. The maximum atomic E-state index is 13.0. The lowest BCUT2D eigenvalue weighted by atomic mass is 10.1. The summed E-state index contributed by atoms with van der Waals surface area (Å²) in [5.41, 5.74) is 2.67. The SMILES string of the molecule is CC[C@@H](C(=O)NCc1ccc(CN2CCCC2)cc1)N(c1ccc(OC)cc1)S(C)(=O)=O. The van der Waals surface area contributed by atoms with Crippen LogP contribution in [0.5, 0.6) is 5.75 Å². The molecule has 174 valence electrons. The molecule has 0 saturated carbocycles. The van der Waals surface area contributed by atoms with Gasteiger partial charge in [0.15, 0.2) is 0 Å². The summed E-state index contributed by atoms with van der Waals surface area (Å²) in [4.78, 5) is 15.4. The Morgan fingerprint density at radius 1 is 1.06 bits per heavy atom. The summed E-state index contributed by atoms with van der Waals surface area (Å²) in [6, 6.07) is 14.0. The van der Waals surface area contributed by atoms with E-state index in [4.69, 9.17) is 4.74 Å². The smallest absolute Gasteiger partial charge is 0.244 e. The molecule has 1 aliphatic rings. The predicted molar refractivity (Wildman–Crippen MR) is 127 cm³/mol. The zero-order chi connectivity index (χ0) is 23.1. The molecule has 3 rings (SSSR count). The molecule has 0 spiro atoms. The van der Waals surface area contributed by atoms with Gasteiger partial charge in [0.1, 0.15) is 11.8 Å². The van der Waals surface area contributed by atoms with Gasteiger partial charge in [0.2, 0.25) is 15.9 Å². The van der Waals surface area contributed by atoms with Crippen molar-refractivity contribution in [2.75, 3.05) is 30.8 Å². The highest BCUT2D eigenvalue weighted by molar-refractivity contribution is 7.92. The number of methoxy groups -OCH3 is 1. The highest BCUT2D eigenvalue weighted by atomic mass is 32.2. The van der Waals surface area contributed by atoms with Crippen molar-refractivity contribution < 1.29 is 17.9 Å². The summed E-state index contributed by atoms with van der Waals surface area (Å²) in [5.74, 6) is 0.294. The van der Waals surface area contributed by atoms with Gasteiger partial charge >= 0.3 is 0 Å². The molecule has 0 aliphatic carbocycles. The van der Waals surface area contributed by atoms with Crippen molar-refractivity contribution in [1.29, 1.82) is 0 Å². The maximum Gasteiger partial charge on any atom is 0.244 e. The first kappa shape index (κ1) is 24.1. The van der Waals surface area contributed by atoms with Crippen molar-refractivity contribution in [3.05, 3.63) is 59.7 Å². The van der Waals surface area contributed by atoms with Gasteiger partial charge in [0.05, 0.1) is 19.1 Å². The molecule has 1 amide bonds. The van der Waals surface area contributed by atoms with Gasteiger partial charge in [-0.25, -0.2) is 8.42 Å². The summed E-state index contributed by atoms with van der Waals surface area (Å²) in [6.07, 6.45) is 4.00. The Kier molecular flexibility index (Phi) is 8.15. The summed E-state index contributed by atoms with van der Waals surface area (Å²) in [6.45, 7) is 5.41. The average molecular weight is 460 g/mol. The molecule has 1 N–H and O–H groups in total. The molecule has 0 bridgehead atoms. The summed E-state index contributed by atoms with van der Waals surface area (Å²) >= 11 is 0. The van der Waals surface area contributed by atoms with Crippen molar-refractivity contribution in [1.82, 2.24) is 10.2 Å². The van der Waals surface area contributed by atoms with E-state index in [9.17, 15) is 13.2 Å². The molecule has 1 aliphatic heterocycles. The van der Waals surface area contributed by atoms with Crippen LogP contribution in [0.25, 0.3) is 0 Å². The molecule has 1 atom stereocenters. The summed E-state index contributed by atoms with van der Waals surface area (Å²) in [7, 11) is -2.12. The molecular weight excluding hydrogens is 426 g/mol. The lowest BCUT2D eigenvalue weighted by Crippen LogP contribution is -2.49. The van der Waals surface area contributed by atoms with Crippen LogP contribution in [-0.2, 0) is 27.9 Å². The predicted octanol–water partition coefficient (Wildman–Crippen LogP) is 3.15. The number of rotatable bonds is 10. The van der Waals surface area contributed by atoms with Crippen LogP contribution < -0.4 is 14.4 Å². The number of carbonyl (C=O) groups excluding carboxylic acids is 1. The zero-order valence-corrected chi connectivity index (χ0v) is 19.9. The average Bonchev–Trinajstić information content (AvgIpc) is 3.29. The van der Waals surface area contributed by atoms with E-state index in [1.807, 2.05) is 12.1 Å². The minimum absolute atomic E-state index is 0.324. The number of hydrogen-bond donors (Lipinski definition) is 1. The van der Waals surface area contributed by atoms with Crippen LogP contribution in [-0.4, -0.2) is 51.7 Å². The van der Waals surface area contributed by atoms with E-state index in [1.54, 1.807) is 38.3 Å². The minimum Gasteiger partial charge on any atom is -0.497 e. The third-order valence-corrected chi connectivity index (χ3v) is 6.93. The number of nitrogens with zero attached hydrogens (tertiary/aromatic N) is 2. The Morgan fingerprint density at radius 3 is 2.19 bits per heavy atom. The number of amides is 1. The third kappa shape index (κ3) is 6.23. The van der Waals surface area contributed by atoms with E-state index in [2.05, 4.69) is 22.3 Å². The number of ether oxygens (including phenoxy) is 1. The van der Waals surface area contributed by atoms with Gasteiger partial charge in [0.25, 0.3) is 0 Å². The molecule has 2 aromatic carbocycles. The fraction of sp³-hybridized carbons (Fsp3) is 0.458. The van der Waals surface area contributed by atoms with Crippen LogP contribution in [0, 0.1) is 0 Å². The van der Waals surface area contributed by atoms with Crippen LogP contribution in [0.4, 0.5) is 5.69 Å². The van der Waals surface area contributed by atoms with Crippen LogP contribution in [0.3, 0.4) is 0 Å². The van der Waals surface area contributed by atoms with Crippen molar-refractivity contribution in [2.24, 2.45) is 0 Å². The molecule has 0 aromatic heterocycles. The highest BCUT2D eigenvalue weighted by Gasteiger charge is 2.31. The molecule has 32 heavy (non-hydrogen) atoms. The van der Waals surface area contributed by atoms with Gasteiger partial charge in [-0.15, -0.1) is 0 Å². The van der Waals surface area contributed by atoms with E-state index in [0.29, 0.717) is 24.4 Å². The first-order valence-corrected chi connectivity index (χ1v) is 12.9. The standard InChI is InChI=1S/C24H33N3O4S/c1-4-23(27(32(3,29)30)21-11-13-22(31-2)14-12-21)24(28)25-17-19-7-9-20(10-8-19)18-26-15-5-6-16-26/h7-14,23H,4-6,15-18H2,1-3H3,(H,25,28)/t23-/m0/s1. The Labute approximate surface area is 191 Å². The second-order valence-electron chi connectivity index (χ2n) is 8.20. The van der Waals surface area contributed by atoms with Crippen LogP contribution in [0.15, 0.2) is 48.5 Å². The third-order valence-electron chi connectivity index (χ3n) is 5.75. The van der Waals surface area contributed by atoms with E-state index in [0.717, 1.165) is 31.5 Å². The number of hydrogen-bond acceptors (Lipinski definition) is 5. The number of nitrogens with one attached hydrogen (secondary N) is 1. The molecule has 8 heteroatoms.